The Hall–Kier alpha value is -1.97. The molecule has 0 aromatic rings. The first-order valence-corrected chi connectivity index (χ1v) is 6.90. The van der Waals surface area contributed by atoms with Crippen LogP contribution in [0.3, 0.4) is 0 Å². The van der Waals surface area contributed by atoms with E-state index in [-0.39, 0.29) is 18.1 Å². The molecule has 0 bridgehead atoms. The van der Waals surface area contributed by atoms with E-state index in [0.29, 0.717) is 13.0 Å². The summed E-state index contributed by atoms with van der Waals surface area (Å²) >= 11 is 3.94. The van der Waals surface area contributed by atoms with Gasteiger partial charge in [-0.25, -0.2) is 4.79 Å². The van der Waals surface area contributed by atoms with Gasteiger partial charge in [0, 0.05) is 19.2 Å². The van der Waals surface area contributed by atoms with Crippen LogP contribution in [0.15, 0.2) is 0 Å². The van der Waals surface area contributed by atoms with Gasteiger partial charge >= 0.3 is 5.97 Å². The molecule has 0 radical (unpaired) electrons. The zero-order valence-corrected chi connectivity index (χ0v) is 12.6. The number of rotatable bonds is 9. The van der Waals surface area contributed by atoms with Gasteiger partial charge in [-0.05, 0) is 12.8 Å². The van der Waals surface area contributed by atoms with Crippen molar-refractivity contribution < 1.29 is 19.5 Å². The van der Waals surface area contributed by atoms with Gasteiger partial charge in [0.1, 0.15) is 12.1 Å². The summed E-state index contributed by atoms with van der Waals surface area (Å²) in [5.74, 6) is -2.32. The van der Waals surface area contributed by atoms with Gasteiger partial charge in [-0.2, -0.15) is 12.6 Å². The standard InChI is InChI=1S/C11H21N5O4S/c1-6(17)15-8(5-21)9(18)16-7(10(19)20)3-2-4-14-11(12)13/h7-8,21H,2-5H2,1H3,(H,15,17)(H,16,18)(H,19,20)(H4,12,13,14)/t7-,8-/m0/s1. The van der Waals surface area contributed by atoms with E-state index in [4.69, 9.17) is 16.2 Å². The molecule has 0 aromatic heterocycles. The molecule has 0 spiro atoms. The van der Waals surface area contributed by atoms with Crippen LogP contribution in [0.2, 0.25) is 0 Å². The first kappa shape index (κ1) is 19.0. The van der Waals surface area contributed by atoms with Crippen LogP contribution in [0, 0.1) is 5.41 Å². The second-order valence-electron chi connectivity index (χ2n) is 4.32. The molecular formula is C11H21N5O4S. The fraction of sp³-hybridized carbons (Fsp3) is 0.636. The van der Waals surface area contributed by atoms with Gasteiger partial charge < -0.3 is 26.8 Å². The van der Waals surface area contributed by atoms with Crippen LogP contribution in [-0.4, -0.2) is 53.2 Å². The predicted octanol–water partition coefficient (Wildman–Crippen LogP) is -1.75. The molecule has 10 heteroatoms. The molecule has 7 N–H and O–H groups in total. The average molecular weight is 319 g/mol. The minimum atomic E-state index is -1.17. The van der Waals surface area contributed by atoms with Gasteiger partial charge in [0.05, 0.1) is 0 Å². The van der Waals surface area contributed by atoms with Gasteiger partial charge in [0.15, 0.2) is 5.96 Å². The second kappa shape index (κ2) is 9.86. The summed E-state index contributed by atoms with van der Waals surface area (Å²) in [4.78, 5) is 33.9. The van der Waals surface area contributed by atoms with Crippen LogP contribution in [0.4, 0.5) is 0 Å². The normalized spacial score (nSPS) is 12.9. The van der Waals surface area contributed by atoms with Crippen molar-refractivity contribution in [2.75, 3.05) is 12.3 Å². The highest BCUT2D eigenvalue weighted by Gasteiger charge is 2.24. The fourth-order valence-electron chi connectivity index (χ4n) is 1.50. The third kappa shape index (κ3) is 8.74. The van der Waals surface area contributed by atoms with Crippen molar-refractivity contribution in [3.8, 4) is 0 Å². The van der Waals surface area contributed by atoms with Crippen LogP contribution in [0.1, 0.15) is 19.8 Å². The number of guanidine groups is 1. The first-order valence-electron chi connectivity index (χ1n) is 6.27. The Balaban J connectivity index is 4.41. The average Bonchev–Trinajstić information content (AvgIpc) is 2.38. The van der Waals surface area contributed by atoms with E-state index in [1.165, 1.54) is 6.92 Å². The lowest BCUT2D eigenvalue weighted by atomic mass is 10.1. The second-order valence-corrected chi connectivity index (χ2v) is 4.68. The Morgan fingerprint density at radius 3 is 2.33 bits per heavy atom. The Bertz CT molecular complexity index is 404. The molecule has 120 valence electrons. The number of carboxylic acid groups (broad SMARTS) is 1. The van der Waals surface area contributed by atoms with Crippen molar-refractivity contribution in [1.29, 1.82) is 5.41 Å². The number of carbonyl (C=O) groups excluding carboxylic acids is 2. The van der Waals surface area contributed by atoms with Gasteiger partial charge in [-0.1, -0.05) is 0 Å². The summed E-state index contributed by atoms with van der Waals surface area (Å²) in [6.45, 7) is 1.59. The number of carbonyl (C=O) groups is 3. The van der Waals surface area contributed by atoms with E-state index in [1.807, 2.05) is 0 Å². The molecule has 0 aliphatic rings. The molecule has 0 fully saturated rings. The van der Waals surface area contributed by atoms with Crippen molar-refractivity contribution in [2.45, 2.75) is 31.8 Å². The van der Waals surface area contributed by atoms with Crippen molar-refractivity contribution in [3.05, 3.63) is 0 Å². The predicted molar refractivity (Wildman–Crippen MR) is 80.2 cm³/mol. The molecule has 0 aliphatic carbocycles. The third-order valence-electron chi connectivity index (χ3n) is 2.48. The number of amides is 2. The van der Waals surface area contributed by atoms with E-state index >= 15 is 0 Å². The third-order valence-corrected chi connectivity index (χ3v) is 2.84. The van der Waals surface area contributed by atoms with E-state index in [9.17, 15) is 14.4 Å². The lowest BCUT2D eigenvalue weighted by Gasteiger charge is -2.19. The SMILES string of the molecule is CC(=O)N[C@@H](CS)C(=O)N[C@@H](CCCNC(=N)N)C(=O)O. The maximum atomic E-state index is 11.9. The van der Waals surface area contributed by atoms with Crippen LogP contribution in [0.25, 0.3) is 0 Å². The number of nitrogens with one attached hydrogen (secondary N) is 4. The van der Waals surface area contributed by atoms with Crippen LogP contribution < -0.4 is 21.7 Å². The van der Waals surface area contributed by atoms with Crippen LogP contribution >= 0.6 is 12.6 Å². The van der Waals surface area contributed by atoms with E-state index in [0.717, 1.165) is 0 Å². The van der Waals surface area contributed by atoms with E-state index < -0.39 is 29.9 Å². The van der Waals surface area contributed by atoms with Gasteiger partial charge in [0.2, 0.25) is 11.8 Å². The molecule has 0 rings (SSSR count). The van der Waals surface area contributed by atoms with Gasteiger partial charge in [-0.15, -0.1) is 0 Å². The summed E-state index contributed by atoms with van der Waals surface area (Å²) in [5, 5.41) is 23.3. The molecular weight excluding hydrogens is 298 g/mol. The van der Waals surface area contributed by atoms with Crippen molar-refractivity contribution in [3.63, 3.8) is 0 Å². The van der Waals surface area contributed by atoms with Gasteiger partial charge in [0.25, 0.3) is 0 Å². The summed E-state index contributed by atoms with van der Waals surface area (Å²) in [7, 11) is 0. The highest BCUT2D eigenvalue weighted by Crippen LogP contribution is 1.99. The smallest absolute Gasteiger partial charge is 0.326 e. The molecule has 0 saturated carbocycles. The number of nitrogens with two attached hydrogens (primary N) is 1. The topological polar surface area (TPSA) is 157 Å². The zero-order valence-electron chi connectivity index (χ0n) is 11.7. The summed E-state index contributed by atoms with van der Waals surface area (Å²) in [6, 6.07) is -1.97. The van der Waals surface area contributed by atoms with Gasteiger partial charge in [-0.3, -0.25) is 15.0 Å². The minimum absolute atomic E-state index is 0.0592. The molecule has 9 nitrogen and oxygen atoms in total. The number of hydrogen-bond acceptors (Lipinski definition) is 5. The molecule has 2 amide bonds. The summed E-state index contributed by atoms with van der Waals surface area (Å²) in [5.41, 5.74) is 5.09. The molecule has 2 atom stereocenters. The highest BCUT2D eigenvalue weighted by molar-refractivity contribution is 7.80. The maximum Gasteiger partial charge on any atom is 0.326 e. The van der Waals surface area contributed by atoms with Crippen molar-refractivity contribution in [1.82, 2.24) is 16.0 Å². The van der Waals surface area contributed by atoms with Crippen LogP contribution in [-0.2, 0) is 14.4 Å². The Labute approximate surface area is 127 Å². The Kier molecular flexibility index (Phi) is 8.93. The minimum Gasteiger partial charge on any atom is -0.480 e. The first-order chi connectivity index (χ1) is 9.77. The van der Waals surface area contributed by atoms with Crippen molar-refractivity contribution >= 4 is 36.4 Å². The molecule has 0 aliphatic heterocycles. The maximum absolute atomic E-state index is 11.9. The molecule has 0 unspecified atom stereocenters. The zero-order chi connectivity index (χ0) is 16.4. The summed E-state index contributed by atoms with van der Waals surface area (Å²) in [6.07, 6.45) is 0.573. The summed E-state index contributed by atoms with van der Waals surface area (Å²) < 4.78 is 0. The molecule has 0 heterocycles. The molecule has 21 heavy (non-hydrogen) atoms. The number of carboxylic acids is 1. The number of aliphatic carboxylic acids is 1. The van der Waals surface area contributed by atoms with E-state index in [1.54, 1.807) is 0 Å². The van der Waals surface area contributed by atoms with E-state index in [2.05, 4.69) is 28.6 Å². The largest absolute Gasteiger partial charge is 0.480 e. The van der Waals surface area contributed by atoms with Crippen LogP contribution in [0.5, 0.6) is 0 Å². The number of thiol groups is 1. The molecule has 0 aromatic carbocycles. The molecule has 0 saturated heterocycles. The fourth-order valence-corrected chi connectivity index (χ4v) is 1.76. The number of hydrogen-bond donors (Lipinski definition) is 7. The van der Waals surface area contributed by atoms with Crippen molar-refractivity contribution in [2.24, 2.45) is 5.73 Å². The lowest BCUT2D eigenvalue weighted by Crippen LogP contribution is -2.52. The highest BCUT2D eigenvalue weighted by atomic mass is 32.1. The Morgan fingerprint density at radius 2 is 1.90 bits per heavy atom. The lowest BCUT2D eigenvalue weighted by molar-refractivity contribution is -0.142. The quantitative estimate of drug-likeness (QED) is 0.116. The Morgan fingerprint density at radius 1 is 1.29 bits per heavy atom. The monoisotopic (exact) mass is 319 g/mol.